The van der Waals surface area contributed by atoms with E-state index in [9.17, 15) is 4.79 Å². The number of fused-ring (bicyclic) bond motifs is 3. The summed E-state index contributed by atoms with van der Waals surface area (Å²) >= 11 is 0. The molecular formula is C25H27N5O. The molecule has 1 aliphatic rings. The lowest BCUT2D eigenvalue weighted by Crippen LogP contribution is -2.15. The number of amides is 1. The van der Waals surface area contributed by atoms with Crippen molar-refractivity contribution in [2.75, 3.05) is 5.32 Å². The maximum absolute atomic E-state index is 13.0. The zero-order chi connectivity index (χ0) is 21.2. The van der Waals surface area contributed by atoms with Gasteiger partial charge in [-0.25, -0.2) is 4.98 Å². The summed E-state index contributed by atoms with van der Waals surface area (Å²) in [5.74, 6) is 1.03. The second kappa shape index (κ2) is 8.38. The van der Waals surface area contributed by atoms with Crippen LogP contribution in [0.25, 0.3) is 11.0 Å². The number of imidazole rings is 1. The van der Waals surface area contributed by atoms with Gasteiger partial charge in [0, 0.05) is 18.7 Å². The molecule has 0 saturated heterocycles. The largest absolute Gasteiger partial charge is 0.328 e. The van der Waals surface area contributed by atoms with Crippen molar-refractivity contribution in [1.29, 1.82) is 0 Å². The van der Waals surface area contributed by atoms with Crippen LogP contribution in [0.1, 0.15) is 53.6 Å². The molecule has 6 nitrogen and oxygen atoms in total. The normalized spacial score (nSPS) is 13.7. The Balaban J connectivity index is 1.38. The molecule has 0 spiro atoms. The molecule has 3 heterocycles. The molecule has 0 radical (unpaired) electrons. The smallest absolute Gasteiger partial charge is 0.259 e. The fraction of sp³-hybridized carbons (Fsp3) is 0.320. The molecule has 6 heteroatoms. The van der Waals surface area contributed by atoms with Gasteiger partial charge in [0.2, 0.25) is 0 Å². The van der Waals surface area contributed by atoms with Gasteiger partial charge in [0.05, 0.1) is 35.0 Å². The highest BCUT2D eigenvalue weighted by Gasteiger charge is 2.18. The molecule has 1 aliphatic heterocycles. The van der Waals surface area contributed by atoms with Crippen LogP contribution in [0.3, 0.4) is 0 Å². The number of rotatable bonds is 5. The highest BCUT2D eigenvalue weighted by Crippen LogP contribution is 2.25. The van der Waals surface area contributed by atoms with E-state index in [0.717, 1.165) is 53.2 Å². The summed E-state index contributed by atoms with van der Waals surface area (Å²) in [4.78, 5) is 17.9. The first-order valence-electron chi connectivity index (χ1n) is 11.1. The molecule has 0 bridgehead atoms. The predicted octanol–water partition coefficient (Wildman–Crippen LogP) is 4.82. The SMILES string of the molecule is CCc1c(C(=O)Nc2ccc3c(c2)nc2n3CCCCC2)cnn1Cc1ccccc1. The van der Waals surface area contributed by atoms with Crippen molar-refractivity contribution >= 4 is 22.6 Å². The average Bonchev–Trinajstić information content (AvgIpc) is 3.26. The van der Waals surface area contributed by atoms with Crippen LogP contribution in [0.15, 0.2) is 54.7 Å². The Morgan fingerprint density at radius 1 is 1.10 bits per heavy atom. The Labute approximate surface area is 181 Å². The van der Waals surface area contributed by atoms with E-state index in [4.69, 9.17) is 4.98 Å². The van der Waals surface area contributed by atoms with Crippen LogP contribution in [0.4, 0.5) is 5.69 Å². The van der Waals surface area contributed by atoms with Gasteiger partial charge in [-0.1, -0.05) is 43.7 Å². The molecule has 2 aromatic heterocycles. The summed E-state index contributed by atoms with van der Waals surface area (Å²) < 4.78 is 4.25. The zero-order valence-electron chi connectivity index (χ0n) is 17.8. The highest BCUT2D eigenvalue weighted by molar-refractivity contribution is 6.05. The van der Waals surface area contributed by atoms with Crippen LogP contribution in [0.5, 0.6) is 0 Å². The zero-order valence-corrected chi connectivity index (χ0v) is 17.8. The van der Waals surface area contributed by atoms with Gasteiger partial charge in [-0.2, -0.15) is 5.10 Å². The molecule has 31 heavy (non-hydrogen) atoms. The van der Waals surface area contributed by atoms with Crippen molar-refractivity contribution in [3.8, 4) is 0 Å². The second-order valence-corrected chi connectivity index (χ2v) is 8.15. The Hall–Kier alpha value is -3.41. The molecule has 0 saturated carbocycles. The molecular weight excluding hydrogens is 386 g/mol. The molecule has 0 atom stereocenters. The number of benzene rings is 2. The maximum atomic E-state index is 13.0. The number of nitrogens with one attached hydrogen (secondary N) is 1. The van der Waals surface area contributed by atoms with Gasteiger partial charge in [0.15, 0.2) is 0 Å². The number of anilines is 1. The van der Waals surface area contributed by atoms with Crippen LogP contribution < -0.4 is 5.32 Å². The minimum atomic E-state index is -0.128. The molecule has 5 rings (SSSR count). The summed E-state index contributed by atoms with van der Waals surface area (Å²) in [6.07, 6.45) is 7.09. The third-order valence-corrected chi connectivity index (χ3v) is 6.07. The minimum absolute atomic E-state index is 0.128. The molecule has 0 aliphatic carbocycles. The van der Waals surface area contributed by atoms with Crippen LogP contribution in [-0.4, -0.2) is 25.2 Å². The topological polar surface area (TPSA) is 64.7 Å². The lowest BCUT2D eigenvalue weighted by atomic mass is 10.1. The van der Waals surface area contributed by atoms with Gasteiger partial charge >= 0.3 is 0 Å². The van der Waals surface area contributed by atoms with Crippen molar-refractivity contribution in [3.63, 3.8) is 0 Å². The Morgan fingerprint density at radius 3 is 2.81 bits per heavy atom. The van der Waals surface area contributed by atoms with Crippen molar-refractivity contribution in [3.05, 3.63) is 77.4 Å². The van der Waals surface area contributed by atoms with E-state index in [-0.39, 0.29) is 5.91 Å². The molecule has 0 fully saturated rings. The summed E-state index contributed by atoms with van der Waals surface area (Å²) in [5, 5.41) is 7.54. The van der Waals surface area contributed by atoms with Crippen molar-refractivity contribution in [2.24, 2.45) is 0 Å². The van der Waals surface area contributed by atoms with Gasteiger partial charge < -0.3 is 9.88 Å². The molecule has 2 aromatic carbocycles. The average molecular weight is 414 g/mol. The van der Waals surface area contributed by atoms with Crippen molar-refractivity contribution < 1.29 is 4.79 Å². The van der Waals surface area contributed by atoms with Crippen LogP contribution >= 0.6 is 0 Å². The van der Waals surface area contributed by atoms with E-state index in [0.29, 0.717) is 12.1 Å². The number of carbonyl (C=O) groups excluding carboxylic acids is 1. The Morgan fingerprint density at radius 2 is 1.97 bits per heavy atom. The first-order chi connectivity index (χ1) is 15.2. The molecule has 158 valence electrons. The quantitative estimate of drug-likeness (QED) is 0.510. The predicted molar refractivity (Wildman–Crippen MR) is 122 cm³/mol. The third-order valence-electron chi connectivity index (χ3n) is 6.07. The van der Waals surface area contributed by atoms with Crippen molar-refractivity contribution in [2.45, 2.75) is 52.1 Å². The van der Waals surface area contributed by atoms with E-state index < -0.39 is 0 Å². The van der Waals surface area contributed by atoms with Crippen LogP contribution in [0.2, 0.25) is 0 Å². The monoisotopic (exact) mass is 413 g/mol. The van der Waals surface area contributed by atoms with Crippen LogP contribution in [0, 0.1) is 0 Å². The van der Waals surface area contributed by atoms with Gasteiger partial charge in [0.1, 0.15) is 5.82 Å². The van der Waals surface area contributed by atoms with Gasteiger partial charge in [-0.05, 0) is 43.0 Å². The fourth-order valence-electron chi connectivity index (χ4n) is 4.49. The number of carbonyl (C=O) groups is 1. The first kappa shape index (κ1) is 19.5. The number of aromatic nitrogens is 4. The van der Waals surface area contributed by atoms with Gasteiger partial charge in [-0.15, -0.1) is 0 Å². The number of nitrogens with zero attached hydrogens (tertiary/aromatic N) is 4. The number of hydrogen-bond acceptors (Lipinski definition) is 3. The first-order valence-corrected chi connectivity index (χ1v) is 11.1. The third kappa shape index (κ3) is 3.85. The van der Waals surface area contributed by atoms with E-state index in [1.165, 1.54) is 19.3 Å². The van der Waals surface area contributed by atoms with E-state index >= 15 is 0 Å². The van der Waals surface area contributed by atoms with E-state index in [2.05, 4.69) is 40.1 Å². The van der Waals surface area contributed by atoms with Gasteiger partial charge in [-0.3, -0.25) is 9.48 Å². The molecule has 1 amide bonds. The molecule has 0 unspecified atom stereocenters. The minimum Gasteiger partial charge on any atom is -0.328 e. The number of aryl methyl sites for hydroxylation is 2. The summed E-state index contributed by atoms with van der Waals surface area (Å²) in [6, 6.07) is 16.2. The number of hydrogen-bond donors (Lipinski definition) is 1. The van der Waals surface area contributed by atoms with Crippen LogP contribution in [-0.2, 0) is 25.9 Å². The summed E-state index contributed by atoms with van der Waals surface area (Å²) in [5.41, 5.74) is 5.60. The Bertz CT molecular complexity index is 1220. The fourth-order valence-corrected chi connectivity index (χ4v) is 4.49. The lowest BCUT2D eigenvalue weighted by Gasteiger charge is -2.09. The molecule has 4 aromatic rings. The summed E-state index contributed by atoms with van der Waals surface area (Å²) in [7, 11) is 0. The lowest BCUT2D eigenvalue weighted by molar-refractivity contribution is 0.102. The maximum Gasteiger partial charge on any atom is 0.259 e. The standard InChI is InChI=1S/C25H27N5O/c1-2-22-20(16-26-30(22)17-18-9-5-3-6-10-18)25(31)27-19-12-13-23-21(15-19)28-24-11-7-4-8-14-29(23)24/h3,5-6,9-10,12-13,15-16H,2,4,7-8,11,14,17H2,1H3,(H,27,31). The Kier molecular flexibility index (Phi) is 5.28. The van der Waals surface area contributed by atoms with E-state index in [1.54, 1.807) is 6.20 Å². The van der Waals surface area contributed by atoms with Gasteiger partial charge in [0.25, 0.3) is 5.91 Å². The molecule has 1 N–H and O–H groups in total. The second-order valence-electron chi connectivity index (χ2n) is 8.15. The van der Waals surface area contributed by atoms with E-state index in [1.807, 2.05) is 35.0 Å². The summed E-state index contributed by atoms with van der Waals surface area (Å²) in [6.45, 7) is 3.74. The van der Waals surface area contributed by atoms with Crippen molar-refractivity contribution in [1.82, 2.24) is 19.3 Å². The highest BCUT2D eigenvalue weighted by atomic mass is 16.1.